The summed E-state index contributed by atoms with van der Waals surface area (Å²) in [5.41, 5.74) is 2.00. The van der Waals surface area contributed by atoms with E-state index in [0.717, 1.165) is 10.9 Å². The Bertz CT molecular complexity index is 898. The van der Waals surface area contributed by atoms with Crippen LogP contribution in [0, 0.1) is 0 Å². The van der Waals surface area contributed by atoms with Gasteiger partial charge in [-0.3, -0.25) is 0 Å². The number of fused-ring (bicyclic) bond motifs is 2. The monoisotopic (exact) mass is 264 g/mol. The van der Waals surface area contributed by atoms with Gasteiger partial charge in [-0.25, -0.2) is 9.97 Å². The van der Waals surface area contributed by atoms with Crippen molar-refractivity contribution in [3.05, 3.63) is 48.9 Å². The summed E-state index contributed by atoms with van der Waals surface area (Å²) in [6.45, 7) is 0. The minimum absolute atomic E-state index is 0.422. The molecule has 0 bridgehead atoms. The van der Waals surface area contributed by atoms with Gasteiger partial charge < -0.3 is 4.84 Å². The third kappa shape index (κ3) is 1.64. The molecule has 0 fully saturated rings. The van der Waals surface area contributed by atoms with Crippen LogP contribution < -0.4 is 4.84 Å². The molecule has 0 radical (unpaired) electrons. The van der Waals surface area contributed by atoms with Crippen LogP contribution in [0.25, 0.3) is 22.1 Å². The Labute approximate surface area is 112 Å². The van der Waals surface area contributed by atoms with Gasteiger partial charge in [0.15, 0.2) is 5.52 Å². The molecule has 7 nitrogen and oxygen atoms in total. The molecule has 1 aromatic carbocycles. The predicted molar refractivity (Wildman–Crippen MR) is 70.9 cm³/mol. The van der Waals surface area contributed by atoms with E-state index < -0.39 is 0 Å². The Kier molecular flexibility index (Phi) is 2.28. The molecule has 4 aromatic rings. The largest absolute Gasteiger partial charge is 0.335 e. The van der Waals surface area contributed by atoms with Crippen molar-refractivity contribution in [2.45, 2.75) is 0 Å². The first-order chi connectivity index (χ1) is 9.92. The average Bonchev–Trinajstić information content (AvgIpc) is 2.91. The molecular weight excluding hydrogens is 256 g/mol. The first-order valence-corrected chi connectivity index (χ1v) is 5.96. The van der Waals surface area contributed by atoms with Crippen molar-refractivity contribution in [2.24, 2.45) is 0 Å². The van der Waals surface area contributed by atoms with Crippen molar-refractivity contribution in [3.63, 3.8) is 0 Å². The number of pyridine rings is 1. The number of rotatable bonds is 2. The summed E-state index contributed by atoms with van der Waals surface area (Å²) in [5, 5.41) is 8.66. The van der Waals surface area contributed by atoms with E-state index in [4.69, 9.17) is 4.84 Å². The minimum atomic E-state index is 0.422. The van der Waals surface area contributed by atoms with Gasteiger partial charge in [-0.05, 0) is 29.5 Å². The van der Waals surface area contributed by atoms with E-state index in [1.54, 1.807) is 12.3 Å². The zero-order valence-electron chi connectivity index (χ0n) is 10.2. The first-order valence-electron chi connectivity index (χ1n) is 5.96. The highest BCUT2D eigenvalue weighted by molar-refractivity contribution is 5.83. The highest BCUT2D eigenvalue weighted by atomic mass is 16.7. The Morgan fingerprint density at radius 1 is 0.950 bits per heavy atom. The molecule has 3 aromatic heterocycles. The van der Waals surface area contributed by atoms with E-state index in [-0.39, 0.29) is 0 Å². The summed E-state index contributed by atoms with van der Waals surface area (Å²) in [4.78, 5) is 19.4. The van der Waals surface area contributed by atoms with Crippen LogP contribution >= 0.6 is 0 Å². The number of aromatic nitrogens is 6. The molecule has 3 heterocycles. The third-order valence-electron chi connectivity index (χ3n) is 2.87. The molecule has 7 heteroatoms. The molecule has 0 aliphatic carbocycles. The fourth-order valence-electron chi connectivity index (χ4n) is 1.95. The van der Waals surface area contributed by atoms with E-state index in [2.05, 4.69) is 25.3 Å². The predicted octanol–water partition coefficient (Wildman–Crippen LogP) is 1.61. The molecule has 0 aliphatic heterocycles. The van der Waals surface area contributed by atoms with Crippen molar-refractivity contribution >= 4 is 22.1 Å². The van der Waals surface area contributed by atoms with E-state index in [1.807, 2.05) is 30.3 Å². The van der Waals surface area contributed by atoms with Crippen molar-refractivity contribution < 1.29 is 4.84 Å². The van der Waals surface area contributed by atoms with Gasteiger partial charge in [-0.1, -0.05) is 17.0 Å². The summed E-state index contributed by atoms with van der Waals surface area (Å²) in [6.07, 6.45) is 3.11. The van der Waals surface area contributed by atoms with Gasteiger partial charge in [-0.2, -0.15) is 4.98 Å². The molecule has 96 valence electrons. The van der Waals surface area contributed by atoms with Gasteiger partial charge in [0, 0.05) is 6.20 Å². The average molecular weight is 264 g/mol. The highest BCUT2D eigenvalue weighted by Gasteiger charge is 2.10. The summed E-state index contributed by atoms with van der Waals surface area (Å²) >= 11 is 0. The van der Waals surface area contributed by atoms with Crippen LogP contribution in [0.4, 0.5) is 0 Å². The lowest BCUT2D eigenvalue weighted by Crippen LogP contribution is -2.08. The molecule has 0 unspecified atom stereocenters. The maximum atomic E-state index is 5.70. The number of nitrogens with zero attached hydrogens (tertiary/aromatic N) is 6. The molecule has 0 atom stereocenters. The van der Waals surface area contributed by atoms with E-state index in [9.17, 15) is 0 Å². The van der Waals surface area contributed by atoms with Crippen LogP contribution in [0.5, 0.6) is 5.88 Å². The molecule has 0 saturated carbocycles. The maximum absolute atomic E-state index is 5.70. The molecule has 20 heavy (non-hydrogen) atoms. The standard InChI is InChI=1S/C13H8N6O/c1-2-5-10-9(4-1)13(16-8-15-10)20-19-11-6-3-7-14-12(11)17-18-19/h1-8H. The van der Waals surface area contributed by atoms with Crippen molar-refractivity contribution in [1.29, 1.82) is 0 Å². The normalized spacial score (nSPS) is 11.0. The summed E-state index contributed by atoms with van der Waals surface area (Å²) < 4.78 is 0. The SMILES string of the molecule is c1ccc2c(On3nnc4ncccc43)ncnc2c1. The second-order valence-electron chi connectivity index (χ2n) is 4.10. The summed E-state index contributed by atoms with van der Waals surface area (Å²) in [6, 6.07) is 11.2. The zero-order chi connectivity index (χ0) is 13.4. The third-order valence-corrected chi connectivity index (χ3v) is 2.87. The second-order valence-corrected chi connectivity index (χ2v) is 4.10. The lowest BCUT2D eigenvalue weighted by molar-refractivity contribution is 0.178. The number of hydrogen-bond acceptors (Lipinski definition) is 6. The minimum Gasteiger partial charge on any atom is -0.335 e. The van der Waals surface area contributed by atoms with E-state index in [0.29, 0.717) is 17.0 Å². The Morgan fingerprint density at radius 3 is 2.90 bits per heavy atom. The molecule has 4 rings (SSSR count). The van der Waals surface area contributed by atoms with Crippen molar-refractivity contribution in [3.8, 4) is 5.88 Å². The second kappa shape index (κ2) is 4.23. The van der Waals surface area contributed by atoms with Gasteiger partial charge in [0.25, 0.3) is 5.88 Å². The van der Waals surface area contributed by atoms with Gasteiger partial charge in [-0.15, -0.1) is 5.10 Å². The maximum Gasteiger partial charge on any atom is 0.259 e. The smallest absolute Gasteiger partial charge is 0.259 e. The molecule has 0 aliphatic rings. The Balaban J connectivity index is 1.85. The van der Waals surface area contributed by atoms with Gasteiger partial charge in [0.2, 0.25) is 5.65 Å². The number of hydrogen-bond donors (Lipinski definition) is 0. The van der Waals surface area contributed by atoms with Crippen LogP contribution in [0.1, 0.15) is 0 Å². The summed E-state index contributed by atoms with van der Waals surface area (Å²) in [5.74, 6) is 0.422. The fourth-order valence-corrected chi connectivity index (χ4v) is 1.95. The number of para-hydroxylation sites is 1. The fraction of sp³-hybridized carbons (Fsp3) is 0. The summed E-state index contributed by atoms with van der Waals surface area (Å²) in [7, 11) is 0. The Morgan fingerprint density at radius 2 is 1.90 bits per heavy atom. The zero-order valence-corrected chi connectivity index (χ0v) is 10.2. The quantitative estimate of drug-likeness (QED) is 0.547. The first kappa shape index (κ1) is 10.8. The van der Waals surface area contributed by atoms with Gasteiger partial charge in [0.05, 0.1) is 10.9 Å². The molecule has 0 spiro atoms. The topological polar surface area (TPSA) is 78.6 Å². The van der Waals surface area contributed by atoms with Gasteiger partial charge in [0.1, 0.15) is 6.33 Å². The van der Waals surface area contributed by atoms with E-state index in [1.165, 1.54) is 11.2 Å². The van der Waals surface area contributed by atoms with Crippen LogP contribution in [-0.2, 0) is 0 Å². The molecule has 0 amide bonds. The van der Waals surface area contributed by atoms with Crippen molar-refractivity contribution in [2.75, 3.05) is 0 Å². The van der Waals surface area contributed by atoms with E-state index >= 15 is 0 Å². The molecular formula is C13H8N6O. The van der Waals surface area contributed by atoms with Crippen LogP contribution in [-0.4, -0.2) is 30.1 Å². The van der Waals surface area contributed by atoms with Crippen LogP contribution in [0.15, 0.2) is 48.9 Å². The van der Waals surface area contributed by atoms with Crippen molar-refractivity contribution in [1.82, 2.24) is 30.1 Å². The lowest BCUT2D eigenvalue weighted by atomic mass is 10.2. The molecule has 0 saturated heterocycles. The van der Waals surface area contributed by atoms with Gasteiger partial charge >= 0.3 is 0 Å². The van der Waals surface area contributed by atoms with Crippen LogP contribution in [0.3, 0.4) is 0 Å². The number of benzene rings is 1. The highest BCUT2D eigenvalue weighted by Crippen LogP contribution is 2.21. The Hall–Kier alpha value is -3.09. The lowest BCUT2D eigenvalue weighted by Gasteiger charge is -2.05. The molecule has 0 N–H and O–H groups in total. The van der Waals surface area contributed by atoms with Crippen LogP contribution in [0.2, 0.25) is 0 Å².